The van der Waals surface area contributed by atoms with Gasteiger partial charge in [0.25, 0.3) is 0 Å². The lowest BCUT2D eigenvalue weighted by atomic mass is 9.68. The summed E-state index contributed by atoms with van der Waals surface area (Å²) in [6.07, 6.45) is 1.24. The Labute approximate surface area is 123 Å². The van der Waals surface area contributed by atoms with E-state index >= 15 is 0 Å². The zero-order chi connectivity index (χ0) is 15.0. The van der Waals surface area contributed by atoms with Gasteiger partial charge < -0.3 is 14.6 Å². The summed E-state index contributed by atoms with van der Waals surface area (Å²) in [6, 6.07) is 0. The Bertz CT molecular complexity index is 408. The van der Waals surface area contributed by atoms with E-state index in [0.29, 0.717) is 12.2 Å². The molecule has 0 amide bonds. The first-order chi connectivity index (χ1) is 9.41. The van der Waals surface area contributed by atoms with E-state index in [2.05, 4.69) is 0 Å². The summed E-state index contributed by atoms with van der Waals surface area (Å²) >= 11 is 1.40. The second-order valence-corrected chi connectivity index (χ2v) is 6.70. The Hall–Kier alpha value is -0.750. The van der Waals surface area contributed by atoms with Gasteiger partial charge in [-0.1, -0.05) is 0 Å². The number of carbonyl (C=O) groups is 2. The molecule has 1 N–H and O–H groups in total. The molecule has 1 heterocycles. The second-order valence-electron chi connectivity index (χ2n) is 5.56. The fourth-order valence-corrected chi connectivity index (χ4v) is 5.46. The quantitative estimate of drug-likeness (QED) is 0.791. The normalized spacial score (nSPS) is 39.4. The molecule has 0 aromatic carbocycles. The van der Waals surface area contributed by atoms with Crippen molar-refractivity contribution in [1.82, 2.24) is 0 Å². The molecule has 114 valence electrons. The molecule has 0 spiro atoms. The van der Waals surface area contributed by atoms with Crippen molar-refractivity contribution in [3.05, 3.63) is 0 Å². The van der Waals surface area contributed by atoms with Gasteiger partial charge in [0.1, 0.15) is 10.7 Å². The van der Waals surface area contributed by atoms with E-state index in [-0.39, 0.29) is 19.1 Å². The minimum Gasteiger partial charge on any atom is -0.465 e. The van der Waals surface area contributed by atoms with Crippen LogP contribution < -0.4 is 0 Å². The number of aliphatic hydroxyl groups is 1. The van der Waals surface area contributed by atoms with Crippen molar-refractivity contribution >= 4 is 23.7 Å². The molecule has 5 nitrogen and oxygen atoms in total. The van der Waals surface area contributed by atoms with E-state index in [1.807, 2.05) is 0 Å². The zero-order valence-corrected chi connectivity index (χ0v) is 13.0. The highest BCUT2D eigenvalue weighted by atomic mass is 32.2. The number of thioether (sulfide) groups is 1. The van der Waals surface area contributed by atoms with Gasteiger partial charge in [0, 0.05) is 0 Å². The first-order valence-corrected chi connectivity index (χ1v) is 8.14. The Morgan fingerprint density at radius 3 is 2.55 bits per heavy atom. The van der Waals surface area contributed by atoms with Crippen LogP contribution in [0.25, 0.3) is 0 Å². The fourth-order valence-electron chi connectivity index (χ4n) is 3.60. The van der Waals surface area contributed by atoms with Gasteiger partial charge in [-0.25, -0.2) is 0 Å². The highest BCUT2D eigenvalue weighted by Gasteiger charge is 2.71. The van der Waals surface area contributed by atoms with Gasteiger partial charge in [-0.05, 0) is 45.3 Å². The van der Waals surface area contributed by atoms with Gasteiger partial charge in [-0.15, -0.1) is 11.8 Å². The zero-order valence-electron chi connectivity index (χ0n) is 12.2. The van der Waals surface area contributed by atoms with Crippen molar-refractivity contribution in [2.75, 3.05) is 19.0 Å². The largest absolute Gasteiger partial charge is 0.465 e. The van der Waals surface area contributed by atoms with E-state index in [1.54, 1.807) is 20.8 Å². The monoisotopic (exact) mass is 302 g/mol. The Morgan fingerprint density at radius 2 is 1.95 bits per heavy atom. The van der Waals surface area contributed by atoms with Crippen LogP contribution in [0.1, 0.15) is 33.6 Å². The van der Waals surface area contributed by atoms with Gasteiger partial charge in [-0.2, -0.15) is 0 Å². The molecule has 1 aliphatic heterocycles. The highest BCUT2D eigenvalue weighted by molar-refractivity contribution is 8.01. The van der Waals surface area contributed by atoms with Crippen LogP contribution in [0.5, 0.6) is 0 Å². The van der Waals surface area contributed by atoms with Crippen LogP contribution in [0, 0.1) is 11.3 Å². The minimum absolute atomic E-state index is 0.0315. The molecule has 2 fully saturated rings. The summed E-state index contributed by atoms with van der Waals surface area (Å²) in [6.45, 7) is 5.61. The van der Waals surface area contributed by atoms with Crippen molar-refractivity contribution < 1.29 is 24.2 Å². The number of carbonyl (C=O) groups excluding carboxylic acids is 2. The second kappa shape index (κ2) is 5.56. The number of ether oxygens (including phenoxy) is 2. The fraction of sp³-hybridized carbons (Fsp3) is 0.857. The lowest BCUT2D eigenvalue weighted by Crippen LogP contribution is -2.57. The maximum Gasteiger partial charge on any atom is 0.320 e. The third kappa shape index (κ3) is 2.04. The number of esters is 2. The predicted molar refractivity (Wildman–Crippen MR) is 75.3 cm³/mol. The average molecular weight is 302 g/mol. The molecule has 1 aliphatic carbocycles. The molecule has 0 radical (unpaired) electrons. The van der Waals surface area contributed by atoms with E-state index in [0.717, 1.165) is 6.42 Å². The first kappa shape index (κ1) is 15.6. The van der Waals surface area contributed by atoms with Crippen molar-refractivity contribution in [2.45, 2.75) is 44.5 Å². The summed E-state index contributed by atoms with van der Waals surface area (Å²) in [4.78, 5) is 24.8. The number of rotatable bonds is 4. The van der Waals surface area contributed by atoms with Crippen LogP contribution in [0.3, 0.4) is 0 Å². The Kier molecular flexibility index (Phi) is 4.35. The highest BCUT2D eigenvalue weighted by Crippen LogP contribution is 2.62. The van der Waals surface area contributed by atoms with E-state index < -0.39 is 28.2 Å². The van der Waals surface area contributed by atoms with E-state index in [4.69, 9.17) is 9.47 Å². The van der Waals surface area contributed by atoms with Gasteiger partial charge in [-0.3, -0.25) is 9.59 Å². The van der Waals surface area contributed by atoms with Crippen LogP contribution in [-0.2, 0) is 19.1 Å². The van der Waals surface area contributed by atoms with Crippen LogP contribution in [0.15, 0.2) is 0 Å². The molecule has 0 bridgehead atoms. The lowest BCUT2D eigenvalue weighted by molar-refractivity contribution is -0.178. The minimum atomic E-state index is -1.23. The van der Waals surface area contributed by atoms with Gasteiger partial charge >= 0.3 is 11.9 Å². The lowest BCUT2D eigenvalue weighted by Gasteiger charge is -2.40. The summed E-state index contributed by atoms with van der Waals surface area (Å²) in [5, 5.41) is 10.1. The maximum absolute atomic E-state index is 12.6. The maximum atomic E-state index is 12.6. The smallest absolute Gasteiger partial charge is 0.320 e. The molecule has 0 unspecified atom stereocenters. The molecule has 0 aromatic heterocycles. The summed E-state index contributed by atoms with van der Waals surface area (Å²) in [5.41, 5.74) is -2.40. The third-order valence-corrected chi connectivity index (χ3v) is 6.00. The number of hydrogen-bond donors (Lipinski definition) is 1. The van der Waals surface area contributed by atoms with Crippen molar-refractivity contribution in [3.63, 3.8) is 0 Å². The first-order valence-electron chi connectivity index (χ1n) is 7.09. The van der Waals surface area contributed by atoms with Crippen LogP contribution in [0.4, 0.5) is 0 Å². The van der Waals surface area contributed by atoms with Crippen LogP contribution >= 0.6 is 11.8 Å². The Morgan fingerprint density at radius 1 is 1.30 bits per heavy atom. The van der Waals surface area contributed by atoms with Crippen LogP contribution in [0.2, 0.25) is 0 Å². The van der Waals surface area contributed by atoms with E-state index in [9.17, 15) is 14.7 Å². The number of fused-ring (bicyclic) bond motifs is 1. The summed E-state index contributed by atoms with van der Waals surface area (Å²) in [5.74, 6) is -0.236. The molecule has 6 heteroatoms. The molecular formula is C14H22O5S. The van der Waals surface area contributed by atoms with E-state index in [1.165, 1.54) is 11.8 Å². The topological polar surface area (TPSA) is 72.8 Å². The SMILES string of the molecule is CCOC(=O)[C@H]1SC[C@@H]2CC[C@](C)(O)[C@@]21C(=O)OCC. The third-order valence-electron chi connectivity index (χ3n) is 4.51. The molecule has 2 rings (SSSR count). The predicted octanol–water partition coefficient (Wildman–Crippen LogP) is 1.38. The van der Waals surface area contributed by atoms with Gasteiger partial charge in [0.2, 0.25) is 0 Å². The number of hydrogen-bond acceptors (Lipinski definition) is 6. The molecular weight excluding hydrogens is 280 g/mol. The molecule has 2 aliphatic rings. The average Bonchev–Trinajstić information content (AvgIpc) is 2.88. The van der Waals surface area contributed by atoms with Crippen LogP contribution in [-0.4, -0.2) is 46.9 Å². The Balaban J connectivity index is 2.43. The standard InChI is InChI=1S/C14H22O5S/c1-4-18-11(15)10-14(12(16)19-5-2)9(8-20-10)6-7-13(14,3)17/h9-10,17H,4-8H2,1-3H3/t9-,10+,13-,14-/m0/s1. The molecule has 0 aromatic rings. The van der Waals surface area contributed by atoms with Gasteiger partial charge in [0.05, 0.1) is 18.8 Å². The summed E-state index contributed by atoms with van der Waals surface area (Å²) < 4.78 is 10.3. The van der Waals surface area contributed by atoms with Crippen molar-refractivity contribution in [2.24, 2.45) is 11.3 Å². The molecule has 1 saturated heterocycles. The van der Waals surface area contributed by atoms with Crippen molar-refractivity contribution in [3.8, 4) is 0 Å². The summed E-state index contributed by atoms with van der Waals surface area (Å²) in [7, 11) is 0. The molecule has 20 heavy (non-hydrogen) atoms. The molecule has 4 atom stereocenters. The van der Waals surface area contributed by atoms with Gasteiger partial charge in [0.15, 0.2) is 0 Å². The van der Waals surface area contributed by atoms with Crippen molar-refractivity contribution in [1.29, 1.82) is 0 Å². The molecule has 1 saturated carbocycles.